The molecule has 2 aromatic rings. The number of nitrogens with one attached hydrogen (secondary N) is 1. The normalized spacial score (nSPS) is 11.9. The largest absolute Gasteiger partial charge is 0.508 e. The molecule has 0 fully saturated rings. The summed E-state index contributed by atoms with van der Waals surface area (Å²) in [6.07, 6.45) is -0.189. The van der Waals surface area contributed by atoms with Crippen molar-refractivity contribution in [2.75, 3.05) is 0 Å². The number of hydrogen-bond acceptors (Lipinski definition) is 7. The summed E-state index contributed by atoms with van der Waals surface area (Å²) >= 11 is 0. The van der Waals surface area contributed by atoms with Crippen LogP contribution in [0.15, 0.2) is 51.7 Å². The van der Waals surface area contributed by atoms with Crippen molar-refractivity contribution in [1.29, 1.82) is 0 Å². The highest BCUT2D eigenvalue weighted by atomic mass is 16.4. The summed E-state index contributed by atoms with van der Waals surface area (Å²) < 4.78 is 5.99. The number of hydrogen-bond donors (Lipinski definition) is 5. The van der Waals surface area contributed by atoms with Crippen molar-refractivity contribution >= 4 is 34.8 Å². The second kappa shape index (κ2) is 12.1. The molecule has 4 rings (SSSR count). The number of benzene rings is 3. The number of rotatable bonds is 11. The van der Waals surface area contributed by atoms with Crippen molar-refractivity contribution in [1.82, 2.24) is 5.32 Å². The fraction of sp³-hybridized carbons (Fsp3) is 0.258. The highest BCUT2D eigenvalue weighted by molar-refractivity contribution is 6.08. The van der Waals surface area contributed by atoms with E-state index in [1.54, 1.807) is 18.2 Å². The molecule has 11 heteroatoms. The molecule has 0 saturated carbocycles. The van der Waals surface area contributed by atoms with Gasteiger partial charge in [-0.1, -0.05) is 26.0 Å². The van der Waals surface area contributed by atoms with Crippen molar-refractivity contribution in [3.05, 3.63) is 74.9 Å². The van der Waals surface area contributed by atoms with Gasteiger partial charge in [-0.05, 0) is 54.2 Å². The van der Waals surface area contributed by atoms with Gasteiger partial charge in [0.2, 0.25) is 5.91 Å². The van der Waals surface area contributed by atoms with E-state index in [-0.39, 0.29) is 52.1 Å². The summed E-state index contributed by atoms with van der Waals surface area (Å²) in [5.74, 6) is -4.39. The first-order valence-corrected chi connectivity index (χ1v) is 13.3. The smallest absolute Gasteiger partial charge is 0.336 e. The number of carbonyl (C=O) groups is 4. The summed E-state index contributed by atoms with van der Waals surface area (Å²) in [5.41, 5.74) is 2.53. The number of phenolic OH excluding ortho intramolecular Hbond substituents is 1. The van der Waals surface area contributed by atoms with Gasteiger partial charge in [0.25, 0.3) is 0 Å². The zero-order valence-electron chi connectivity index (χ0n) is 22.9. The zero-order valence-corrected chi connectivity index (χ0v) is 22.9. The first kappa shape index (κ1) is 29.8. The maximum absolute atomic E-state index is 12.6. The minimum Gasteiger partial charge on any atom is -0.508 e. The lowest BCUT2D eigenvalue weighted by molar-refractivity contribution is -0.143. The number of aromatic carboxylic acids is 1. The fourth-order valence-corrected chi connectivity index (χ4v) is 4.95. The van der Waals surface area contributed by atoms with Crippen LogP contribution in [0.3, 0.4) is 0 Å². The minimum absolute atomic E-state index is 0.00517. The van der Waals surface area contributed by atoms with E-state index < -0.39 is 36.3 Å². The van der Waals surface area contributed by atoms with Gasteiger partial charge in [0.15, 0.2) is 5.43 Å². The van der Waals surface area contributed by atoms with E-state index in [1.165, 1.54) is 24.3 Å². The molecule has 1 aliphatic carbocycles. The van der Waals surface area contributed by atoms with Gasteiger partial charge < -0.3 is 30.2 Å². The second-order valence-electron chi connectivity index (χ2n) is 9.87. The topological polar surface area (TPSA) is 191 Å². The van der Waals surface area contributed by atoms with E-state index >= 15 is 0 Å². The number of fused-ring (bicyclic) bond motifs is 2. The summed E-state index contributed by atoms with van der Waals surface area (Å²) in [6, 6.07) is 9.13. The van der Waals surface area contributed by atoms with Crippen molar-refractivity contribution < 1.29 is 44.0 Å². The lowest BCUT2D eigenvalue weighted by atomic mass is 9.88. The molecule has 0 bridgehead atoms. The maximum Gasteiger partial charge on any atom is 0.336 e. The van der Waals surface area contributed by atoms with Crippen LogP contribution in [-0.4, -0.2) is 50.3 Å². The third-order valence-corrected chi connectivity index (χ3v) is 7.09. The van der Waals surface area contributed by atoms with E-state index in [4.69, 9.17) is 9.52 Å². The van der Waals surface area contributed by atoms with Crippen molar-refractivity contribution in [2.24, 2.45) is 0 Å². The van der Waals surface area contributed by atoms with Gasteiger partial charge >= 0.3 is 17.9 Å². The summed E-state index contributed by atoms with van der Waals surface area (Å²) in [6.45, 7) is 3.68. The molecule has 1 amide bonds. The molecule has 5 N–H and O–H groups in total. The Hall–Kier alpha value is -5.19. The van der Waals surface area contributed by atoms with Gasteiger partial charge in [-0.25, -0.2) is 9.59 Å². The molecule has 0 saturated heterocycles. The lowest BCUT2D eigenvalue weighted by Gasteiger charge is -2.19. The molecule has 1 aliphatic heterocycles. The predicted molar refractivity (Wildman–Crippen MR) is 152 cm³/mol. The Labute approximate surface area is 239 Å². The Kier molecular flexibility index (Phi) is 8.60. The molecule has 0 radical (unpaired) electrons. The first-order chi connectivity index (χ1) is 19.9. The van der Waals surface area contributed by atoms with Gasteiger partial charge in [-0.3, -0.25) is 14.4 Å². The molecule has 2 aliphatic rings. The van der Waals surface area contributed by atoms with Gasteiger partial charge in [-0.15, -0.1) is 0 Å². The Morgan fingerprint density at radius 3 is 2.24 bits per heavy atom. The minimum atomic E-state index is -1.42. The molecule has 42 heavy (non-hydrogen) atoms. The Morgan fingerprint density at radius 1 is 0.905 bits per heavy atom. The van der Waals surface area contributed by atoms with Crippen molar-refractivity contribution in [3.8, 4) is 28.2 Å². The third-order valence-electron chi connectivity index (χ3n) is 7.09. The maximum atomic E-state index is 12.6. The fourth-order valence-electron chi connectivity index (χ4n) is 4.95. The number of carboxylic acids is 3. The lowest BCUT2D eigenvalue weighted by Crippen LogP contribution is -2.41. The van der Waals surface area contributed by atoms with Gasteiger partial charge in [0, 0.05) is 40.6 Å². The van der Waals surface area contributed by atoms with Gasteiger partial charge in [-0.2, -0.15) is 0 Å². The number of phenols is 1. The van der Waals surface area contributed by atoms with Crippen molar-refractivity contribution in [3.63, 3.8) is 0 Å². The van der Waals surface area contributed by atoms with Crippen molar-refractivity contribution in [2.45, 2.75) is 52.0 Å². The SMILES string of the molecule is CCc1cc2c(-c3ccc(CC(=O)N[C@@H](CCC(=O)O)C(=O)O)cc3C(=O)O)c3cc(CC)c(=O)cc-3oc2cc1O. The number of aliphatic carboxylic acids is 2. The standard InChI is InChI=1S/C31H29NO10/c1-3-16-11-20-25(13-23(16)33)42-26-14-24(34)17(4-2)12-21(26)29(20)18-6-5-15(9-19(18)30(38)39)10-27(35)32-22(31(40)41)7-8-28(36)37/h5-6,9,11-14,22,33H,3-4,7-8,10H2,1-2H3,(H,32,35)(H,36,37)(H,38,39)(H,40,41)/t22-/m0/s1. The molecule has 218 valence electrons. The number of carbonyl (C=O) groups excluding carboxylic acids is 1. The van der Waals surface area contributed by atoms with E-state index in [1.807, 2.05) is 13.8 Å². The van der Waals surface area contributed by atoms with E-state index in [0.29, 0.717) is 40.5 Å². The van der Waals surface area contributed by atoms with Crippen LogP contribution in [0.1, 0.15) is 53.7 Å². The van der Waals surface area contributed by atoms with Gasteiger partial charge in [0.05, 0.1) is 12.0 Å². The molecule has 0 unspecified atom stereocenters. The molecule has 2 aromatic carbocycles. The number of carboxylic acid groups (broad SMARTS) is 3. The highest BCUT2D eigenvalue weighted by Gasteiger charge is 2.25. The molecule has 11 nitrogen and oxygen atoms in total. The van der Waals surface area contributed by atoms with Gasteiger partial charge in [0.1, 0.15) is 23.1 Å². The second-order valence-corrected chi connectivity index (χ2v) is 9.87. The monoisotopic (exact) mass is 575 g/mol. The molecular formula is C31H29NO10. The molecule has 1 heterocycles. The number of aryl methyl sites for hydroxylation is 2. The average molecular weight is 576 g/mol. The Balaban J connectivity index is 1.85. The van der Waals surface area contributed by atoms with Crippen LogP contribution in [0.2, 0.25) is 0 Å². The first-order valence-electron chi connectivity index (χ1n) is 13.3. The molecule has 0 aromatic heterocycles. The zero-order chi connectivity index (χ0) is 30.7. The van der Waals surface area contributed by atoms with Crippen LogP contribution in [0, 0.1) is 0 Å². The van der Waals surface area contributed by atoms with Crippen LogP contribution >= 0.6 is 0 Å². The predicted octanol–water partition coefficient (Wildman–Crippen LogP) is 4.07. The number of aromatic hydroxyl groups is 1. The average Bonchev–Trinajstić information content (AvgIpc) is 2.93. The quantitative estimate of drug-likeness (QED) is 0.163. The van der Waals surface area contributed by atoms with Crippen LogP contribution in [-0.2, 0) is 33.6 Å². The molecular weight excluding hydrogens is 546 g/mol. The van der Waals surface area contributed by atoms with Crippen LogP contribution in [0.25, 0.3) is 33.4 Å². The Morgan fingerprint density at radius 2 is 1.62 bits per heavy atom. The van der Waals surface area contributed by atoms with Crippen LogP contribution in [0.4, 0.5) is 0 Å². The molecule has 0 spiro atoms. The van der Waals surface area contributed by atoms with Crippen LogP contribution in [0.5, 0.6) is 5.75 Å². The van der Waals surface area contributed by atoms with Crippen LogP contribution < -0.4 is 10.7 Å². The number of amides is 1. The van der Waals surface area contributed by atoms with E-state index in [0.717, 1.165) is 0 Å². The molecule has 1 atom stereocenters. The van der Waals surface area contributed by atoms with E-state index in [9.17, 15) is 39.3 Å². The third kappa shape index (κ3) is 6.09. The Bertz CT molecular complexity index is 1750. The summed E-state index contributed by atoms with van der Waals surface area (Å²) in [5, 5.41) is 41.7. The summed E-state index contributed by atoms with van der Waals surface area (Å²) in [7, 11) is 0. The summed E-state index contributed by atoms with van der Waals surface area (Å²) in [4.78, 5) is 60.1. The van der Waals surface area contributed by atoms with E-state index in [2.05, 4.69) is 5.32 Å². The highest BCUT2D eigenvalue weighted by Crippen LogP contribution is 2.43.